The minimum atomic E-state index is 0.642. The van der Waals surface area contributed by atoms with Crippen LogP contribution in [0.3, 0.4) is 0 Å². The predicted molar refractivity (Wildman–Crippen MR) is 58.1 cm³/mol. The molecule has 0 saturated carbocycles. The Kier molecular flexibility index (Phi) is 4.97. The summed E-state index contributed by atoms with van der Waals surface area (Å²) in [5, 5.41) is 7.11. The van der Waals surface area contributed by atoms with Gasteiger partial charge in [0, 0.05) is 0 Å². The number of hydrogen-bond acceptors (Lipinski definition) is 5. The molecule has 0 aliphatic carbocycles. The van der Waals surface area contributed by atoms with Crippen LogP contribution in [0.2, 0.25) is 0 Å². The summed E-state index contributed by atoms with van der Waals surface area (Å²) in [6, 6.07) is 0. The normalized spacial score (nSPS) is 11.1. The molecule has 0 bridgehead atoms. The van der Waals surface area contributed by atoms with E-state index in [-0.39, 0.29) is 0 Å². The standard InChI is InChI=1S/C9H17N3OS/c1-7(2)4-10-5-9-11-8(6-14-3)12-13-9/h7,10H,4-6H2,1-3H3. The summed E-state index contributed by atoms with van der Waals surface area (Å²) in [4.78, 5) is 4.24. The number of hydrogen-bond donors (Lipinski definition) is 1. The van der Waals surface area contributed by atoms with Crippen molar-refractivity contribution in [3.05, 3.63) is 11.7 Å². The Labute approximate surface area is 88.8 Å². The SMILES string of the molecule is CSCc1noc(CNCC(C)C)n1. The first-order valence-corrected chi connectivity index (χ1v) is 6.13. The first kappa shape index (κ1) is 11.5. The average molecular weight is 215 g/mol. The molecule has 5 heteroatoms. The first-order valence-electron chi connectivity index (χ1n) is 4.73. The predicted octanol–water partition coefficient (Wildman–Crippen LogP) is 1.68. The van der Waals surface area contributed by atoms with Gasteiger partial charge >= 0.3 is 0 Å². The maximum atomic E-state index is 5.06. The lowest BCUT2D eigenvalue weighted by Crippen LogP contribution is -2.19. The van der Waals surface area contributed by atoms with E-state index in [1.54, 1.807) is 11.8 Å². The van der Waals surface area contributed by atoms with Crippen molar-refractivity contribution >= 4 is 11.8 Å². The molecule has 0 atom stereocenters. The smallest absolute Gasteiger partial charge is 0.240 e. The summed E-state index contributed by atoms with van der Waals surface area (Å²) in [7, 11) is 0. The summed E-state index contributed by atoms with van der Waals surface area (Å²) >= 11 is 1.69. The lowest BCUT2D eigenvalue weighted by molar-refractivity contribution is 0.360. The Balaban J connectivity index is 2.28. The molecule has 0 radical (unpaired) electrons. The maximum Gasteiger partial charge on any atom is 0.240 e. The Hall–Kier alpha value is -0.550. The van der Waals surface area contributed by atoms with E-state index in [2.05, 4.69) is 29.3 Å². The Morgan fingerprint density at radius 2 is 2.29 bits per heavy atom. The highest BCUT2D eigenvalue weighted by Gasteiger charge is 2.04. The van der Waals surface area contributed by atoms with Gasteiger partial charge in [-0.1, -0.05) is 19.0 Å². The van der Waals surface area contributed by atoms with E-state index in [9.17, 15) is 0 Å². The van der Waals surface area contributed by atoms with Gasteiger partial charge in [0.1, 0.15) is 0 Å². The topological polar surface area (TPSA) is 51.0 Å². The van der Waals surface area contributed by atoms with Gasteiger partial charge < -0.3 is 9.84 Å². The second-order valence-electron chi connectivity index (χ2n) is 3.56. The van der Waals surface area contributed by atoms with Crippen LogP contribution in [0.1, 0.15) is 25.6 Å². The van der Waals surface area contributed by atoms with E-state index in [0.717, 1.165) is 18.1 Å². The minimum Gasteiger partial charge on any atom is -0.338 e. The molecule has 0 spiro atoms. The molecular formula is C9H17N3OS. The molecule has 1 aromatic rings. The molecule has 0 aliphatic rings. The quantitative estimate of drug-likeness (QED) is 0.782. The lowest BCUT2D eigenvalue weighted by atomic mass is 10.2. The van der Waals surface area contributed by atoms with Crippen LogP contribution in [0, 0.1) is 5.92 Å². The van der Waals surface area contributed by atoms with E-state index >= 15 is 0 Å². The van der Waals surface area contributed by atoms with E-state index in [1.807, 2.05) is 6.26 Å². The molecule has 0 aliphatic heterocycles. The number of nitrogens with one attached hydrogen (secondary N) is 1. The fourth-order valence-electron chi connectivity index (χ4n) is 1.02. The number of thioether (sulfide) groups is 1. The van der Waals surface area contributed by atoms with E-state index in [4.69, 9.17) is 4.52 Å². The van der Waals surface area contributed by atoms with Crippen molar-refractivity contribution in [2.24, 2.45) is 5.92 Å². The molecule has 0 unspecified atom stereocenters. The summed E-state index contributed by atoms with van der Waals surface area (Å²) in [5.74, 6) is 2.91. The zero-order valence-corrected chi connectivity index (χ0v) is 9.73. The van der Waals surface area contributed by atoms with Crippen molar-refractivity contribution in [3.8, 4) is 0 Å². The highest BCUT2D eigenvalue weighted by molar-refractivity contribution is 7.97. The van der Waals surface area contributed by atoms with Crippen molar-refractivity contribution in [2.45, 2.75) is 26.1 Å². The van der Waals surface area contributed by atoms with Gasteiger partial charge in [-0.05, 0) is 18.7 Å². The molecular weight excluding hydrogens is 198 g/mol. The second-order valence-corrected chi connectivity index (χ2v) is 4.43. The van der Waals surface area contributed by atoms with Gasteiger partial charge in [-0.15, -0.1) is 0 Å². The fraction of sp³-hybridized carbons (Fsp3) is 0.778. The van der Waals surface area contributed by atoms with E-state index in [0.29, 0.717) is 18.4 Å². The molecule has 1 heterocycles. The molecule has 0 amide bonds. The first-order chi connectivity index (χ1) is 6.72. The van der Waals surface area contributed by atoms with Gasteiger partial charge in [0.15, 0.2) is 5.82 Å². The number of rotatable bonds is 6. The summed E-state index contributed by atoms with van der Waals surface area (Å²) in [5.41, 5.74) is 0. The van der Waals surface area contributed by atoms with Crippen LogP contribution in [-0.2, 0) is 12.3 Å². The van der Waals surface area contributed by atoms with Crippen LogP contribution in [0.4, 0.5) is 0 Å². The highest BCUT2D eigenvalue weighted by Crippen LogP contribution is 2.05. The van der Waals surface area contributed by atoms with Crippen LogP contribution >= 0.6 is 11.8 Å². The van der Waals surface area contributed by atoms with Gasteiger partial charge in [-0.25, -0.2) is 0 Å². The van der Waals surface area contributed by atoms with Crippen molar-refractivity contribution in [3.63, 3.8) is 0 Å². The second kappa shape index (κ2) is 6.03. The largest absolute Gasteiger partial charge is 0.338 e. The Bertz CT molecular complexity index is 262. The van der Waals surface area contributed by atoms with Crippen molar-refractivity contribution < 1.29 is 4.52 Å². The third kappa shape index (κ3) is 4.11. The van der Waals surface area contributed by atoms with Crippen LogP contribution in [0.5, 0.6) is 0 Å². The van der Waals surface area contributed by atoms with Gasteiger partial charge in [-0.3, -0.25) is 0 Å². The van der Waals surface area contributed by atoms with Gasteiger partial charge in [0.2, 0.25) is 5.89 Å². The third-order valence-electron chi connectivity index (χ3n) is 1.61. The summed E-state index contributed by atoms with van der Waals surface area (Å²) < 4.78 is 5.06. The molecule has 1 aromatic heterocycles. The van der Waals surface area contributed by atoms with E-state index < -0.39 is 0 Å². The molecule has 0 fully saturated rings. The Morgan fingerprint density at radius 3 is 2.93 bits per heavy atom. The minimum absolute atomic E-state index is 0.642. The van der Waals surface area contributed by atoms with Gasteiger partial charge in [0.25, 0.3) is 0 Å². The van der Waals surface area contributed by atoms with E-state index in [1.165, 1.54) is 0 Å². The zero-order chi connectivity index (χ0) is 10.4. The average Bonchev–Trinajstić information content (AvgIpc) is 2.53. The van der Waals surface area contributed by atoms with Crippen molar-refractivity contribution in [2.75, 3.05) is 12.8 Å². The van der Waals surface area contributed by atoms with Crippen LogP contribution in [0.15, 0.2) is 4.52 Å². The fourth-order valence-corrected chi connectivity index (χ4v) is 1.39. The van der Waals surface area contributed by atoms with Crippen LogP contribution in [0.25, 0.3) is 0 Å². The maximum absolute atomic E-state index is 5.06. The summed E-state index contributed by atoms with van der Waals surface area (Å²) in [6.07, 6.45) is 2.02. The summed E-state index contributed by atoms with van der Waals surface area (Å²) in [6.45, 7) is 5.97. The third-order valence-corrected chi connectivity index (χ3v) is 2.16. The highest BCUT2D eigenvalue weighted by atomic mass is 32.2. The van der Waals surface area contributed by atoms with Crippen molar-refractivity contribution in [1.82, 2.24) is 15.5 Å². The van der Waals surface area contributed by atoms with Crippen molar-refractivity contribution in [1.29, 1.82) is 0 Å². The zero-order valence-electron chi connectivity index (χ0n) is 8.91. The molecule has 14 heavy (non-hydrogen) atoms. The Morgan fingerprint density at radius 1 is 1.50 bits per heavy atom. The number of aromatic nitrogens is 2. The molecule has 0 saturated heterocycles. The van der Waals surface area contributed by atoms with Crippen LogP contribution < -0.4 is 5.32 Å². The van der Waals surface area contributed by atoms with Gasteiger partial charge in [0.05, 0.1) is 12.3 Å². The molecule has 0 aromatic carbocycles. The molecule has 1 rings (SSSR count). The monoisotopic (exact) mass is 215 g/mol. The van der Waals surface area contributed by atoms with Crippen LogP contribution in [-0.4, -0.2) is 22.9 Å². The molecule has 1 N–H and O–H groups in total. The molecule has 80 valence electrons. The lowest BCUT2D eigenvalue weighted by Gasteiger charge is -2.03. The molecule has 4 nitrogen and oxygen atoms in total. The number of nitrogens with zero attached hydrogens (tertiary/aromatic N) is 2. The van der Waals surface area contributed by atoms with Gasteiger partial charge in [-0.2, -0.15) is 16.7 Å².